The van der Waals surface area contributed by atoms with E-state index in [2.05, 4.69) is 15.5 Å². The van der Waals surface area contributed by atoms with Crippen molar-refractivity contribution in [3.63, 3.8) is 0 Å². The van der Waals surface area contributed by atoms with Crippen LogP contribution >= 0.6 is 0 Å². The molecule has 1 atom stereocenters. The first-order valence-electron chi connectivity index (χ1n) is 4.38. The SMILES string of the molecule is N#Cc1c(N)n[nH]c1C1COCCN1. The Kier molecular flexibility index (Phi) is 2.35. The number of anilines is 1. The van der Waals surface area contributed by atoms with Gasteiger partial charge in [0.25, 0.3) is 0 Å². The van der Waals surface area contributed by atoms with Crippen molar-refractivity contribution >= 4 is 5.82 Å². The average Bonchev–Trinajstić information content (AvgIpc) is 2.61. The number of morpholine rings is 1. The van der Waals surface area contributed by atoms with Gasteiger partial charge < -0.3 is 15.8 Å². The zero-order valence-electron chi connectivity index (χ0n) is 7.58. The minimum absolute atomic E-state index is 0.0109. The number of nitrogens with two attached hydrogens (primary N) is 1. The van der Waals surface area contributed by atoms with Crippen LogP contribution in [0, 0.1) is 11.3 Å². The summed E-state index contributed by atoms with van der Waals surface area (Å²) < 4.78 is 5.28. The molecule has 0 bridgehead atoms. The average molecular weight is 193 g/mol. The molecule has 1 aliphatic heterocycles. The maximum Gasteiger partial charge on any atom is 0.163 e. The molecular weight excluding hydrogens is 182 g/mol. The predicted molar refractivity (Wildman–Crippen MR) is 49.3 cm³/mol. The van der Waals surface area contributed by atoms with Crippen molar-refractivity contribution in [2.24, 2.45) is 0 Å². The van der Waals surface area contributed by atoms with Crippen molar-refractivity contribution in [1.29, 1.82) is 5.26 Å². The van der Waals surface area contributed by atoms with E-state index in [-0.39, 0.29) is 11.9 Å². The normalized spacial score (nSPS) is 21.8. The molecule has 0 amide bonds. The summed E-state index contributed by atoms with van der Waals surface area (Å²) in [5.41, 5.74) is 6.65. The van der Waals surface area contributed by atoms with E-state index in [4.69, 9.17) is 15.7 Å². The molecule has 2 rings (SSSR count). The highest BCUT2D eigenvalue weighted by atomic mass is 16.5. The molecule has 1 aromatic rings. The highest BCUT2D eigenvalue weighted by molar-refractivity contribution is 5.51. The summed E-state index contributed by atoms with van der Waals surface area (Å²) in [5, 5.41) is 18.6. The van der Waals surface area contributed by atoms with Crippen LogP contribution in [0.3, 0.4) is 0 Å². The second-order valence-corrected chi connectivity index (χ2v) is 3.09. The van der Waals surface area contributed by atoms with Crippen LogP contribution < -0.4 is 11.1 Å². The number of nitrogen functional groups attached to an aromatic ring is 1. The summed E-state index contributed by atoms with van der Waals surface area (Å²) in [6.07, 6.45) is 0. The first kappa shape index (κ1) is 8.99. The molecule has 1 fully saturated rings. The number of H-pyrrole nitrogens is 1. The van der Waals surface area contributed by atoms with Gasteiger partial charge in [0, 0.05) is 6.54 Å². The number of ether oxygens (including phenoxy) is 1. The topological polar surface area (TPSA) is 99.8 Å². The standard InChI is InChI=1S/C8H11N5O/c9-3-5-7(12-13-8(5)10)6-4-14-2-1-11-6/h6,11H,1-2,4H2,(H3,10,12,13). The van der Waals surface area contributed by atoms with Gasteiger partial charge in [0.15, 0.2) is 5.82 Å². The Morgan fingerprint density at radius 1 is 1.64 bits per heavy atom. The fourth-order valence-corrected chi connectivity index (χ4v) is 1.49. The third-order valence-electron chi connectivity index (χ3n) is 2.20. The maximum absolute atomic E-state index is 8.86. The molecule has 0 saturated carbocycles. The molecule has 1 unspecified atom stereocenters. The van der Waals surface area contributed by atoms with Crippen LogP contribution in [-0.2, 0) is 4.74 Å². The van der Waals surface area contributed by atoms with Crippen molar-refractivity contribution in [3.05, 3.63) is 11.3 Å². The smallest absolute Gasteiger partial charge is 0.163 e. The molecule has 0 spiro atoms. The Bertz CT molecular complexity index is 360. The quantitative estimate of drug-likeness (QED) is 0.559. The van der Waals surface area contributed by atoms with E-state index >= 15 is 0 Å². The fraction of sp³-hybridized carbons (Fsp3) is 0.500. The zero-order valence-corrected chi connectivity index (χ0v) is 7.58. The van der Waals surface area contributed by atoms with E-state index in [1.807, 2.05) is 6.07 Å². The first-order valence-corrected chi connectivity index (χ1v) is 4.38. The Morgan fingerprint density at radius 2 is 2.50 bits per heavy atom. The van der Waals surface area contributed by atoms with E-state index in [1.165, 1.54) is 0 Å². The Balaban J connectivity index is 2.26. The van der Waals surface area contributed by atoms with E-state index in [9.17, 15) is 0 Å². The summed E-state index contributed by atoms with van der Waals surface area (Å²) in [7, 11) is 0. The van der Waals surface area contributed by atoms with Gasteiger partial charge in [-0.05, 0) is 0 Å². The summed E-state index contributed by atoms with van der Waals surface area (Å²) in [5.74, 6) is 0.245. The van der Waals surface area contributed by atoms with Gasteiger partial charge in [-0.25, -0.2) is 0 Å². The van der Waals surface area contributed by atoms with Gasteiger partial charge >= 0.3 is 0 Å². The number of aromatic amines is 1. The summed E-state index contributed by atoms with van der Waals surface area (Å²) >= 11 is 0. The van der Waals surface area contributed by atoms with E-state index < -0.39 is 0 Å². The molecule has 1 aliphatic rings. The lowest BCUT2D eigenvalue weighted by Crippen LogP contribution is -2.35. The van der Waals surface area contributed by atoms with Gasteiger partial charge in [0.05, 0.1) is 24.9 Å². The Labute approximate surface area is 81.0 Å². The Morgan fingerprint density at radius 3 is 3.14 bits per heavy atom. The maximum atomic E-state index is 8.86. The van der Waals surface area contributed by atoms with Gasteiger partial charge in [0.1, 0.15) is 11.6 Å². The largest absolute Gasteiger partial charge is 0.381 e. The van der Waals surface area contributed by atoms with Crippen LogP contribution in [0.1, 0.15) is 17.3 Å². The molecule has 2 heterocycles. The van der Waals surface area contributed by atoms with Crippen LogP contribution in [0.25, 0.3) is 0 Å². The van der Waals surface area contributed by atoms with Crippen LogP contribution in [-0.4, -0.2) is 30.0 Å². The van der Waals surface area contributed by atoms with Crippen molar-refractivity contribution in [2.75, 3.05) is 25.5 Å². The molecule has 6 heteroatoms. The summed E-state index contributed by atoms with van der Waals surface area (Å²) in [4.78, 5) is 0. The molecule has 6 nitrogen and oxygen atoms in total. The molecule has 1 saturated heterocycles. The lowest BCUT2D eigenvalue weighted by molar-refractivity contribution is 0.0755. The Hall–Kier alpha value is -1.58. The van der Waals surface area contributed by atoms with Gasteiger partial charge in [0.2, 0.25) is 0 Å². The minimum Gasteiger partial charge on any atom is -0.381 e. The second kappa shape index (κ2) is 3.65. The minimum atomic E-state index is -0.0109. The molecule has 0 aromatic carbocycles. The number of aromatic nitrogens is 2. The third-order valence-corrected chi connectivity index (χ3v) is 2.20. The van der Waals surface area contributed by atoms with Gasteiger partial charge in [-0.15, -0.1) is 0 Å². The van der Waals surface area contributed by atoms with Crippen molar-refractivity contribution in [2.45, 2.75) is 6.04 Å². The van der Waals surface area contributed by atoms with Crippen LogP contribution in [0.2, 0.25) is 0 Å². The fourth-order valence-electron chi connectivity index (χ4n) is 1.49. The predicted octanol–water partition coefficient (Wildman–Crippen LogP) is -0.476. The second-order valence-electron chi connectivity index (χ2n) is 3.09. The van der Waals surface area contributed by atoms with E-state index in [0.717, 1.165) is 6.54 Å². The van der Waals surface area contributed by atoms with Crippen molar-refractivity contribution in [3.8, 4) is 6.07 Å². The number of rotatable bonds is 1. The molecule has 74 valence electrons. The monoisotopic (exact) mass is 193 g/mol. The van der Waals surface area contributed by atoms with Crippen LogP contribution in [0.4, 0.5) is 5.82 Å². The van der Waals surface area contributed by atoms with E-state index in [1.54, 1.807) is 0 Å². The molecule has 0 radical (unpaired) electrons. The third kappa shape index (κ3) is 1.43. The zero-order chi connectivity index (χ0) is 9.97. The summed E-state index contributed by atoms with van der Waals surface area (Å²) in [6, 6.07) is 2.02. The molecule has 4 N–H and O–H groups in total. The first-order chi connectivity index (χ1) is 6.83. The highest BCUT2D eigenvalue weighted by Gasteiger charge is 2.22. The van der Waals surface area contributed by atoms with Crippen molar-refractivity contribution < 1.29 is 4.74 Å². The van der Waals surface area contributed by atoms with Gasteiger partial charge in [-0.2, -0.15) is 10.4 Å². The number of hydrogen-bond donors (Lipinski definition) is 3. The van der Waals surface area contributed by atoms with E-state index in [0.29, 0.717) is 24.5 Å². The molecule has 0 aliphatic carbocycles. The lowest BCUT2D eigenvalue weighted by Gasteiger charge is -2.22. The highest BCUT2D eigenvalue weighted by Crippen LogP contribution is 2.20. The molecular formula is C8H11N5O. The molecule has 1 aromatic heterocycles. The van der Waals surface area contributed by atoms with Gasteiger partial charge in [-0.3, -0.25) is 5.10 Å². The molecule has 14 heavy (non-hydrogen) atoms. The number of hydrogen-bond acceptors (Lipinski definition) is 5. The van der Waals surface area contributed by atoms with Crippen LogP contribution in [0.5, 0.6) is 0 Å². The number of nitrogens with one attached hydrogen (secondary N) is 2. The van der Waals surface area contributed by atoms with Crippen molar-refractivity contribution in [1.82, 2.24) is 15.5 Å². The number of nitrogens with zero attached hydrogens (tertiary/aromatic N) is 2. The number of nitriles is 1. The lowest BCUT2D eigenvalue weighted by atomic mass is 10.1. The summed E-state index contributed by atoms with van der Waals surface area (Å²) in [6.45, 7) is 2.01. The van der Waals surface area contributed by atoms with Gasteiger partial charge in [-0.1, -0.05) is 0 Å². The van der Waals surface area contributed by atoms with Crippen LogP contribution in [0.15, 0.2) is 0 Å².